The molecule has 0 heterocycles. The van der Waals surface area contributed by atoms with Gasteiger partial charge in [-0.15, -0.1) is 0 Å². The number of likely N-dealkylation sites (N-methyl/N-ethyl adjacent to an activating group) is 1. The van der Waals surface area contributed by atoms with Crippen LogP contribution in [0.15, 0.2) is 102 Å². The molecule has 0 aliphatic rings. The van der Waals surface area contributed by atoms with Crippen molar-refractivity contribution in [3.05, 3.63) is 129 Å². The van der Waals surface area contributed by atoms with Crippen LogP contribution in [0.25, 0.3) is 0 Å². The van der Waals surface area contributed by atoms with Gasteiger partial charge in [0, 0.05) is 29.6 Å². The molecule has 2 amide bonds. The highest BCUT2D eigenvalue weighted by Gasteiger charge is 2.34. The van der Waals surface area contributed by atoms with Gasteiger partial charge in [0.1, 0.15) is 12.6 Å². The molecule has 1 unspecified atom stereocenters. The number of nitrogens with one attached hydrogen (secondary N) is 1. The van der Waals surface area contributed by atoms with E-state index < -0.39 is 28.5 Å². The van der Waals surface area contributed by atoms with Gasteiger partial charge >= 0.3 is 0 Å². The van der Waals surface area contributed by atoms with E-state index in [0.717, 1.165) is 21.0 Å². The molecule has 1 atom stereocenters. The van der Waals surface area contributed by atoms with E-state index in [2.05, 4.69) is 5.32 Å². The van der Waals surface area contributed by atoms with Crippen LogP contribution in [0.2, 0.25) is 10.0 Å². The summed E-state index contributed by atoms with van der Waals surface area (Å²) < 4.78 is 29.2. The molecule has 4 aromatic rings. The fourth-order valence-electron chi connectivity index (χ4n) is 4.76. The smallest absolute Gasteiger partial charge is 0.264 e. The van der Waals surface area contributed by atoms with Crippen LogP contribution < -0.4 is 9.62 Å². The lowest BCUT2D eigenvalue weighted by Gasteiger charge is -2.34. The predicted molar refractivity (Wildman–Crippen MR) is 177 cm³/mol. The number of hydrogen-bond donors (Lipinski definition) is 1. The number of rotatable bonds is 12. The first kappa shape index (κ1) is 33.1. The second-order valence-electron chi connectivity index (χ2n) is 10.5. The van der Waals surface area contributed by atoms with Gasteiger partial charge in [-0.05, 0) is 68.3 Å². The lowest BCUT2D eigenvalue weighted by Crippen LogP contribution is -2.53. The molecule has 0 saturated heterocycles. The van der Waals surface area contributed by atoms with Crippen molar-refractivity contribution in [1.29, 1.82) is 0 Å². The number of carbonyl (C=O) groups is 2. The van der Waals surface area contributed by atoms with Crippen LogP contribution in [-0.4, -0.2) is 44.3 Å². The molecule has 10 heteroatoms. The van der Waals surface area contributed by atoms with Crippen LogP contribution in [0.3, 0.4) is 0 Å². The summed E-state index contributed by atoms with van der Waals surface area (Å²) in [6, 6.07) is 26.7. The van der Waals surface area contributed by atoms with Crippen molar-refractivity contribution >= 4 is 50.7 Å². The molecule has 4 aromatic carbocycles. The average Bonchev–Trinajstić information content (AvgIpc) is 3.00. The molecule has 0 aliphatic carbocycles. The summed E-state index contributed by atoms with van der Waals surface area (Å²) >= 11 is 12.7. The maximum absolute atomic E-state index is 14.4. The van der Waals surface area contributed by atoms with Crippen LogP contribution in [0.5, 0.6) is 0 Å². The third kappa shape index (κ3) is 8.20. The highest BCUT2D eigenvalue weighted by Crippen LogP contribution is 2.27. The molecule has 0 saturated carbocycles. The number of nitrogens with zero attached hydrogens (tertiary/aromatic N) is 2. The third-order valence-electron chi connectivity index (χ3n) is 7.19. The predicted octanol–water partition coefficient (Wildman–Crippen LogP) is 6.58. The number of halogens is 2. The standard InChI is InChI=1S/C34H35Cl2N3O4S/c1-4-37-34(41)32(20-26-8-6-5-7-9-26)38(22-27-14-15-28(35)21-31(27)36)33(40)23-39(29-16-10-24(2)11-17-29)44(42,43)30-18-12-25(3)13-19-30/h5-19,21,32H,4,20,22-23H2,1-3H3,(H,37,41). The Labute approximate surface area is 269 Å². The van der Waals surface area contributed by atoms with Crippen LogP contribution in [0, 0.1) is 13.8 Å². The summed E-state index contributed by atoms with van der Waals surface area (Å²) in [7, 11) is -4.17. The first-order valence-electron chi connectivity index (χ1n) is 14.2. The van der Waals surface area contributed by atoms with E-state index in [4.69, 9.17) is 23.2 Å². The maximum atomic E-state index is 14.4. The zero-order valence-corrected chi connectivity index (χ0v) is 27.2. The summed E-state index contributed by atoms with van der Waals surface area (Å²) in [5.41, 5.74) is 3.57. The van der Waals surface area contributed by atoms with Gasteiger partial charge in [0.15, 0.2) is 0 Å². The largest absolute Gasteiger partial charge is 0.355 e. The van der Waals surface area contributed by atoms with Crippen molar-refractivity contribution in [3.63, 3.8) is 0 Å². The quantitative estimate of drug-likeness (QED) is 0.187. The Hall–Kier alpha value is -3.85. The van der Waals surface area contributed by atoms with E-state index in [1.165, 1.54) is 17.0 Å². The minimum Gasteiger partial charge on any atom is -0.355 e. The van der Waals surface area contributed by atoms with E-state index in [-0.39, 0.29) is 23.8 Å². The molecule has 0 fully saturated rings. The average molecular weight is 653 g/mol. The first-order chi connectivity index (χ1) is 21.0. The van der Waals surface area contributed by atoms with Crippen molar-refractivity contribution in [2.24, 2.45) is 0 Å². The van der Waals surface area contributed by atoms with E-state index in [1.807, 2.05) is 44.2 Å². The summed E-state index contributed by atoms with van der Waals surface area (Å²) in [5, 5.41) is 3.60. The van der Waals surface area contributed by atoms with Crippen LogP contribution in [-0.2, 0) is 32.6 Å². The van der Waals surface area contributed by atoms with Gasteiger partial charge in [-0.2, -0.15) is 0 Å². The fourth-order valence-corrected chi connectivity index (χ4v) is 6.64. The van der Waals surface area contributed by atoms with Gasteiger partial charge in [0.05, 0.1) is 10.6 Å². The van der Waals surface area contributed by atoms with Crippen LogP contribution in [0.4, 0.5) is 5.69 Å². The molecule has 4 rings (SSSR count). The van der Waals surface area contributed by atoms with Gasteiger partial charge in [-0.3, -0.25) is 13.9 Å². The summed E-state index contributed by atoms with van der Waals surface area (Å²) in [6.07, 6.45) is 0.207. The van der Waals surface area contributed by atoms with Crippen molar-refractivity contribution in [3.8, 4) is 0 Å². The molecule has 0 aromatic heterocycles. The monoisotopic (exact) mass is 651 g/mol. The van der Waals surface area contributed by atoms with Gasteiger partial charge in [-0.1, -0.05) is 95.0 Å². The SMILES string of the molecule is CCNC(=O)C(Cc1ccccc1)N(Cc1ccc(Cl)cc1Cl)C(=O)CN(c1ccc(C)cc1)S(=O)(=O)c1ccc(C)cc1. The second-order valence-corrected chi connectivity index (χ2v) is 13.2. The molecular formula is C34H35Cl2N3O4S. The Morgan fingerprint density at radius 1 is 0.841 bits per heavy atom. The zero-order chi connectivity index (χ0) is 31.9. The molecule has 0 spiro atoms. The minimum absolute atomic E-state index is 0.0458. The molecule has 0 bridgehead atoms. The number of carbonyl (C=O) groups excluding carboxylic acids is 2. The molecule has 0 radical (unpaired) electrons. The highest BCUT2D eigenvalue weighted by atomic mass is 35.5. The van der Waals surface area contributed by atoms with Gasteiger partial charge in [-0.25, -0.2) is 8.42 Å². The molecule has 7 nitrogen and oxygen atoms in total. The molecule has 0 aliphatic heterocycles. The molecule has 1 N–H and O–H groups in total. The summed E-state index contributed by atoms with van der Waals surface area (Å²) in [4.78, 5) is 29.4. The van der Waals surface area contributed by atoms with Crippen molar-refractivity contribution in [2.75, 3.05) is 17.4 Å². The third-order valence-corrected chi connectivity index (χ3v) is 9.56. The van der Waals surface area contributed by atoms with Gasteiger partial charge < -0.3 is 10.2 Å². The van der Waals surface area contributed by atoms with Crippen LogP contribution >= 0.6 is 23.2 Å². The van der Waals surface area contributed by atoms with E-state index in [1.54, 1.807) is 61.5 Å². The number of anilines is 1. The number of benzene rings is 4. The minimum atomic E-state index is -4.17. The summed E-state index contributed by atoms with van der Waals surface area (Å²) in [5.74, 6) is -0.933. The van der Waals surface area contributed by atoms with Crippen LogP contribution in [0.1, 0.15) is 29.2 Å². The van der Waals surface area contributed by atoms with Crippen molar-refractivity contribution < 1.29 is 18.0 Å². The number of hydrogen-bond acceptors (Lipinski definition) is 4. The molecule has 230 valence electrons. The second kappa shape index (κ2) is 14.8. The summed E-state index contributed by atoms with van der Waals surface area (Å²) in [6.45, 7) is 5.32. The van der Waals surface area contributed by atoms with E-state index in [9.17, 15) is 18.0 Å². The van der Waals surface area contributed by atoms with E-state index in [0.29, 0.717) is 27.8 Å². The van der Waals surface area contributed by atoms with E-state index >= 15 is 0 Å². The van der Waals surface area contributed by atoms with Crippen molar-refractivity contribution in [1.82, 2.24) is 10.2 Å². The topological polar surface area (TPSA) is 86.8 Å². The van der Waals surface area contributed by atoms with Gasteiger partial charge in [0.2, 0.25) is 11.8 Å². The normalized spacial score (nSPS) is 11.9. The Bertz CT molecular complexity index is 1700. The molecular weight excluding hydrogens is 617 g/mol. The van der Waals surface area contributed by atoms with Gasteiger partial charge in [0.25, 0.3) is 10.0 Å². The fraction of sp³-hybridized carbons (Fsp3) is 0.235. The van der Waals surface area contributed by atoms with Crippen molar-refractivity contribution in [2.45, 2.75) is 44.7 Å². The Balaban J connectivity index is 1.81. The molecule has 44 heavy (non-hydrogen) atoms. The zero-order valence-electron chi connectivity index (χ0n) is 24.8. The lowest BCUT2D eigenvalue weighted by molar-refractivity contribution is -0.140. The Morgan fingerprint density at radius 3 is 2.05 bits per heavy atom. The number of aryl methyl sites for hydroxylation is 2. The lowest BCUT2D eigenvalue weighted by atomic mass is 10.0. The first-order valence-corrected chi connectivity index (χ1v) is 16.4. The maximum Gasteiger partial charge on any atom is 0.264 e. The highest BCUT2D eigenvalue weighted by molar-refractivity contribution is 7.92. The Kier molecular flexibility index (Phi) is 11.1. The number of sulfonamides is 1. The Morgan fingerprint density at radius 2 is 1.45 bits per heavy atom. The number of amides is 2.